The van der Waals surface area contributed by atoms with E-state index >= 15 is 0 Å². The number of rotatable bonds is 7. The zero-order chi connectivity index (χ0) is 18.4. The normalized spacial score (nSPS) is 17.9. The van der Waals surface area contributed by atoms with E-state index in [2.05, 4.69) is 34.3 Å². The Bertz CT molecular complexity index is 712. The van der Waals surface area contributed by atoms with E-state index in [1.54, 1.807) is 7.11 Å². The third kappa shape index (κ3) is 4.47. The maximum Gasteiger partial charge on any atom is 0.179 e. The Kier molecular flexibility index (Phi) is 6.72. The van der Waals surface area contributed by atoms with E-state index in [4.69, 9.17) is 21.1 Å². The van der Waals surface area contributed by atoms with Crippen LogP contribution in [0.2, 0.25) is 5.02 Å². The molecule has 1 aliphatic rings. The first kappa shape index (κ1) is 19.0. The molecule has 1 unspecified atom stereocenters. The van der Waals surface area contributed by atoms with Gasteiger partial charge in [-0.15, -0.1) is 0 Å². The number of methoxy groups -OCH3 is 1. The van der Waals surface area contributed by atoms with E-state index in [-0.39, 0.29) is 0 Å². The van der Waals surface area contributed by atoms with E-state index in [9.17, 15) is 0 Å². The molecule has 1 aliphatic heterocycles. The van der Waals surface area contributed by atoms with Gasteiger partial charge in [0.2, 0.25) is 0 Å². The number of nitrogens with one attached hydrogen (secondary N) is 1. The number of benzene rings is 1. The Balaban J connectivity index is 1.81. The summed E-state index contributed by atoms with van der Waals surface area (Å²) in [6.07, 6.45) is 4.62. The summed E-state index contributed by atoms with van der Waals surface area (Å²) in [4.78, 5) is 6.59. The molecule has 1 N–H and O–H groups in total. The van der Waals surface area contributed by atoms with Crippen molar-refractivity contribution in [3.63, 3.8) is 0 Å². The van der Waals surface area contributed by atoms with E-state index in [1.807, 2.05) is 24.5 Å². The highest BCUT2D eigenvalue weighted by Gasteiger charge is 2.24. The maximum atomic E-state index is 6.48. The molecule has 3 rings (SSSR count). The molecular formula is C20H26ClN3O2. The first-order valence-corrected chi connectivity index (χ1v) is 9.44. The Morgan fingerprint density at radius 3 is 2.85 bits per heavy atom. The SMILES string of the molecule is CCCOc1c(Cl)cc(CN2CCNCC2c2ccncc2)cc1OC. The zero-order valence-electron chi connectivity index (χ0n) is 15.4. The second kappa shape index (κ2) is 9.21. The molecule has 0 aliphatic carbocycles. The molecule has 6 heteroatoms. The van der Waals surface area contributed by atoms with E-state index in [0.717, 1.165) is 38.2 Å². The second-order valence-corrected chi connectivity index (χ2v) is 6.84. The van der Waals surface area contributed by atoms with Gasteiger partial charge in [0.05, 0.1) is 18.7 Å². The number of hydrogen-bond acceptors (Lipinski definition) is 5. The minimum Gasteiger partial charge on any atom is -0.493 e. The molecule has 0 radical (unpaired) electrons. The zero-order valence-corrected chi connectivity index (χ0v) is 16.1. The number of halogens is 1. The van der Waals surface area contributed by atoms with Crippen LogP contribution in [0.15, 0.2) is 36.7 Å². The van der Waals surface area contributed by atoms with Crippen molar-refractivity contribution in [1.82, 2.24) is 15.2 Å². The fourth-order valence-corrected chi connectivity index (χ4v) is 3.58. The fourth-order valence-electron chi connectivity index (χ4n) is 3.29. The summed E-state index contributed by atoms with van der Waals surface area (Å²) >= 11 is 6.48. The van der Waals surface area contributed by atoms with Crippen molar-refractivity contribution in [3.8, 4) is 11.5 Å². The quantitative estimate of drug-likeness (QED) is 0.799. The second-order valence-electron chi connectivity index (χ2n) is 6.43. The van der Waals surface area contributed by atoms with Crippen LogP contribution in [0.3, 0.4) is 0 Å². The first-order valence-electron chi connectivity index (χ1n) is 9.06. The van der Waals surface area contributed by atoms with Crippen LogP contribution < -0.4 is 14.8 Å². The summed E-state index contributed by atoms with van der Waals surface area (Å²) in [5.74, 6) is 1.32. The van der Waals surface area contributed by atoms with Crippen molar-refractivity contribution in [1.29, 1.82) is 0 Å². The van der Waals surface area contributed by atoms with E-state index in [1.165, 1.54) is 5.56 Å². The number of nitrogens with zero attached hydrogens (tertiary/aromatic N) is 2. The fraction of sp³-hybridized carbons (Fsp3) is 0.450. The van der Waals surface area contributed by atoms with Gasteiger partial charge in [0.1, 0.15) is 0 Å². The van der Waals surface area contributed by atoms with Gasteiger partial charge in [0.25, 0.3) is 0 Å². The van der Waals surface area contributed by atoms with Crippen LogP contribution in [-0.2, 0) is 6.54 Å². The van der Waals surface area contributed by atoms with Crippen LogP contribution in [0.5, 0.6) is 11.5 Å². The van der Waals surface area contributed by atoms with Gasteiger partial charge in [-0.1, -0.05) is 18.5 Å². The van der Waals surface area contributed by atoms with Crippen LogP contribution >= 0.6 is 11.6 Å². The Morgan fingerprint density at radius 1 is 1.31 bits per heavy atom. The predicted molar refractivity (Wildman–Crippen MR) is 104 cm³/mol. The number of ether oxygens (including phenoxy) is 2. The Hall–Kier alpha value is -1.82. The number of pyridine rings is 1. The average Bonchev–Trinajstić information content (AvgIpc) is 2.68. The molecule has 1 aromatic carbocycles. The summed E-state index contributed by atoms with van der Waals surface area (Å²) in [5, 5.41) is 4.08. The summed E-state index contributed by atoms with van der Waals surface area (Å²) in [5.41, 5.74) is 2.39. The van der Waals surface area contributed by atoms with Crippen molar-refractivity contribution in [2.24, 2.45) is 0 Å². The molecule has 26 heavy (non-hydrogen) atoms. The molecule has 1 saturated heterocycles. The third-order valence-corrected chi connectivity index (χ3v) is 4.85. The van der Waals surface area contributed by atoms with Gasteiger partial charge in [-0.25, -0.2) is 0 Å². The minimum absolute atomic E-state index is 0.313. The van der Waals surface area contributed by atoms with Gasteiger partial charge in [0, 0.05) is 44.6 Å². The third-order valence-electron chi connectivity index (χ3n) is 4.57. The number of aromatic nitrogens is 1. The Labute approximate surface area is 160 Å². The van der Waals surface area contributed by atoms with Gasteiger partial charge >= 0.3 is 0 Å². The van der Waals surface area contributed by atoms with Crippen molar-refractivity contribution in [2.75, 3.05) is 33.4 Å². The molecule has 140 valence electrons. The van der Waals surface area contributed by atoms with Crippen molar-refractivity contribution >= 4 is 11.6 Å². The topological polar surface area (TPSA) is 46.6 Å². The average molecular weight is 376 g/mol. The molecular weight excluding hydrogens is 350 g/mol. The van der Waals surface area contributed by atoms with Crippen LogP contribution in [0.4, 0.5) is 0 Å². The van der Waals surface area contributed by atoms with Crippen LogP contribution in [0, 0.1) is 0 Å². The molecule has 1 aromatic heterocycles. The predicted octanol–water partition coefficient (Wildman–Crippen LogP) is 3.68. The largest absolute Gasteiger partial charge is 0.493 e. The van der Waals surface area contributed by atoms with E-state index < -0.39 is 0 Å². The lowest BCUT2D eigenvalue weighted by molar-refractivity contribution is 0.153. The van der Waals surface area contributed by atoms with Crippen LogP contribution in [-0.4, -0.2) is 43.2 Å². The molecule has 0 amide bonds. The molecule has 2 heterocycles. The van der Waals surface area contributed by atoms with Gasteiger partial charge < -0.3 is 14.8 Å². The van der Waals surface area contributed by atoms with Crippen LogP contribution in [0.25, 0.3) is 0 Å². The summed E-state index contributed by atoms with van der Waals surface area (Å²) in [7, 11) is 1.65. The van der Waals surface area contributed by atoms with Crippen molar-refractivity contribution < 1.29 is 9.47 Å². The molecule has 0 saturated carbocycles. The summed E-state index contributed by atoms with van der Waals surface area (Å²) in [6.45, 7) is 6.37. The standard InChI is InChI=1S/C20H26ClN3O2/c1-3-10-26-20-17(21)11-15(12-19(20)25-2)14-24-9-8-23-13-18(24)16-4-6-22-7-5-16/h4-7,11-12,18,23H,3,8-10,13-14H2,1-2H3. The van der Waals surface area contributed by atoms with Crippen molar-refractivity contribution in [2.45, 2.75) is 25.9 Å². The van der Waals surface area contributed by atoms with E-state index in [0.29, 0.717) is 29.2 Å². The molecule has 0 spiro atoms. The molecule has 5 nitrogen and oxygen atoms in total. The lowest BCUT2D eigenvalue weighted by atomic mass is 10.0. The number of hydrogen-bond donors (Lipinski definition) is 1. The van der Waals surface area contributed by atoms with Crippen LogP contribution in [0.1, 0.15) is 30.5 Å². The minimum atomic E-state index is 0.313. The van der Waals surface area contributed by atoms with Gasteiger partial charge in [-0.2, -0.15) is 0 Å². The van der Waals surface area contributed by atoms with Gasteiger partial charge in [-0.05, 0) is 41.8 Å². The highest BCUT2D eigenvalue weighted by Crippen LogP contribution is 2.37. The summed E-state index contributed by atoms with van der Waals surface area (Å²) in [6, 6.07) is 8.50. The van der Waals surface area contributed by atoms with Crippen molar-refractivity contribution in [3.05, 3.63) is 52.8 Å². The Morgan fingerprint density at radius 2 is 2.12 bits per heavy atom. The smallest absolute Gasteiger partial charge is 0.179 e. The highest BCUT2D eigenvalue weighted by atomic mass is 35.5. The lowest BCUT2D eigenvalue weighted by Crippen LogP contribution is -2.45. The van der Waals surface area contributed by atoms with Gasteiger partial charge in [-0.3, -0.25) is 9.88 Å². The molecule has 0 bridgehead atoms. The number of piperazine rings is 1. The molecule has 1 atom stereocenters. The lowest BCUT2D eigenvalue weighted by Gasteiger charge is -2.36. The summed E-state index contributed by atoms with van der Waals surface area (Å²) < 4.78 is 11.3. The van der Waals surface area contributed by atoms with Gasteiger partial charge in [0.15, 0.2) is 11.5 Å². The monoisotopic (exact) mass is 375 g/mol. The highest BCUT2D eigenvalue weighted by molar-refractivity contribution is 6.32. The maximum absolute atomic E-state index is 6.48. The molecule has 2 aromatic rings. The first-order chi connectivity index (χ1) is 12.7. The molecule has 1 fully saturated rings.